The lowest BCUT2D eigenvalue weighted by Crippen LogP contribution is -2.27. The van der Waals surface area contributed by atoms with E-state index in [1.807, 2.05) is 24.2 Å². The van der Waals surface area contributed by atoms with E-state index >= 15 is 0 Å². The first-order valence-corrected chi connectivity index (χ1v) is 9.72. The zero-order valence-electron chi connectivity index (χ0n) is 14.2. The standard InChI is InChI=1S/C22H20N2S/c1-15-12-17(14-23-13-15)22-24(20-8-4-5-9-21(20)25-22)19-11-10-16-6-2-3-7-18(16)19/h2-9,12-14,19,22H,10-11H2,1H3/t19?,22-/m0/s1. The van der Waals surface area contributed by atoms with Gasteiger partial charge >= 0.3 is 0 Å². The highest BCUT2D eigenvalue weighted by Gasteiger charge is 2.39. The van der Waals surface area contributed by atoms with Crippen LogP contribution in [0, 0.1) is 6.92 Å². The van der Waals surface area contributed by atoms with Crippen molar-refractivity contribution >= 4 is 17.4 Å². The summed E-state index contributed by atoms with van der Waals surface area (Å²) in [6.45, 7) is 2.12. The van der Waals surface area contributed by atoms with E-state index in [1.54, 1.807) is 0 Å². The van der Waals surface area contributed by atoms with Crippen LogP contribution in [-0.4, -0.2) is 4.98 Å². The molecule has 3 heteroatoms. The molecule has 2 heterocycles. The number of aryl methyl sites for hydroxylation is 2. The topological polar surface area (TPSA) is 16.1 Å². The van der Waals surface area contributed by atoms with E-state index in [2.05, 4.69) is 71.4 Å². The summed E-state index contributed by atoms with van der Waals surface area (Å²) >= 11 is 1.95. The van der Waals surface area contributed by atoms with Gasteiger partial charge in [-0.2, -0.15) is 0 Å². The van der Waals surface area contributed by atoms with E-state index in [0.717, 1.165) is 0 Å². The Kier molecular flexibility index (Phi) is 3.56. The second kappa shape index (κ2) is 5.92. The van der Waals surface area contributed by atoms with Gasteiger partial charge in [0.25, 0.3) is 0 Å². The maximum absolute atomic E-state index is 4.46. The van der Waals surface area contributed by atoms with Crippen molar-refractivity contribution in [3.05, 3.63) is 89.2 Å². The summed E-state index contributed by atoms with van der Waals surface area (Å²) in [7, 11) is 0. The number of thioether (sulfide) groups is 1. The molecule has 2 aromatic carbocycles. The van der Waals surface area contributed by atoms with Crippen molar-refractivity contribution < 1.29 is 0 Å². The lowest BCUT2D eigenvalue weighted by Gasteiger charge is -2.33. The second-order valence-corrected chi connectivity index (χ2v) is 8.02. The van der Waals surface area contributed by atoms with Gasteiger partial charge in [-0.05, 0) is 48.6 Å². The lowest BCUT2D eigenvalue weighted by atomic mass is 10.0. The van der Waals surface area contributed by atoms with Crippen LogP contribution in [0.5, 0.6) is 0 Å². The van der Waals surface area contributed by atoms with Crippen molar-refractivity contribution in [1.29, 1.82) is 0 Å². The van der Waals surface area contributed by atoms with Gasteiger partial charge < -0.3 is 4.90 Å². The number of hydrogen-bond donors (Lipinski definition) is 0. The van der Waals surface area contributed by atoms with Gasteiger partial charge in [-0.25, -0.2) is 0 Å². The SMILES string of the molecule is Cc1cncc([C@@H]2Sc3ccccc3N2C2CCc3ccccc32)c1. The molecular weight excluding hydrogens is 324 g/mol. The van der Waals surface area contributed by atoms with Crippen LogP contribution in [0.3, 0.4) is 0 Å². The highest BCUT2D eigenvalue weighted by Crippen LogP contribution is 2.56. The van der Waals surface area contributed by atoms with E-state index in [4.69, 9.17) is 0 Å². The predicted octanol–water partition coefficient (Wildman–Crippen LogP) is 5.69. The molecule has 0 spiro atoms. The summed E-state index contributed by atoms with van der Waals surface area (Å²) in [6, 6.07) is 20.5. The third kappa shape index (κ3) is 2.46. The van der Waals surface area contributed by atoms with Gasteiger partial charge in [0.2, 0.25) is 0 Å². The zero-order chi connectivity index (χ0) is 16.8. The van der Waals surface area contributed by atoms with Crippen LogP contribution in [0.25, 0.3) is 0 Å². The molecule has 3 aromatic rings. The van der Waals surface area contributed by atoms with Crippen molar-refractivity contribution in [2.75, 3.05) is 4.90 Å². The molecule has 1 unspecified atom stereocenters. The highest BCUT2D eigenvalue weighted by atomic mass is 32.2. The molecule has 0 fully saturated rings. The van der Waals surface area contributed by atoms with Crippen molar-refractivity contribution in [2.24, 2.45) is 0 Å². The van der Waals surface area contributed by atoms with Crippen molar-refractivity contribution in [3.63, 3.8) is 0 Å². The fourth-order valence-electron chi connectivity index (χ4n) is 4.17. The third-order valence-electron chi connectivity index (χ3n) is 5.25. The third-order valence-corrected chi connectivity index (χ3v) is 6.57. The Hall–Kier alpha value is -2.26. The number of nitrogens with zero attached hydrogens (tertiary/aromatic N) is 2. The maximum Gasteiger partial charge on any atom is 0.107 e. The number of hydrogen-bond acceptors (Lipinski definition) is 3. The van der Waals surface area contributed by atoms with Crippen molar-refractivity contribution in [3.8, 4) is 0 Å². The first kappa shape index (κ1) is 15.0. The Morgan fingerprint density at radius 2 is 1.88 bits per heavy atom. The molecule has 0 bridgehead atoms. The molecule has 2 nitrogen and oxygen atoms in total. The van der Waals surface area contributed by atoms with Gasteiger partial charge in [-0.1, -0.05) is 54.2 Å². The van der Waals surface area contributed by atoms with E-state index < -0.39 is 0 Å². The number of anilines is 1. The summed E-state index contributed by atoms with van der Waals surface area (Å²) in [5, 5.41) is 0.293. The molecule has 5 rings (SSSR count). The van der Waals surface area contributed by atoms with E-state index in [-0.39, 0.29) is 0 Å². The van der Waals surface area contributed by atoms with E-state index in [1.165, 1.54) is 45.7 Å². The molecule has 0 saturated heterocycles. The van der Waals surface area contributed by atoms with Gasteiger partial charge in [-0.3, -0.25) is 4.98 Å². The minimum Gasteiger partial charge on any atom is -0.347 e. The molecule has 0 amide bonds. The fraction of sp³-hybridized carbons (Fsp3) is 0.227. The molecule has 2 atom stereocenters. The number of fused-ring (bicyclic) bond motifs is 2. The predicted molar refractivity (Wildman–Crippen MR) is 104 cm³/mol. The number of pyridine rings is 1. The zero-order valence-corrected chi connectivity index (χ0v) is 15.0. The Labute approximate surface area is 152 Å². The van der Waals surface area contributed by atoms with Crippen LogP contribution in [0.1, 0.15) is 40.1 Å². The molecule has 1 aromatic heterocycles. The summed E-state index contributed by atoms with van der Waals surface area (Å²) < 4.78 is 0. The summed E-state index contributed by atoms with van der Waals surface area (Å²) in [4.78, 5) is 8.46. The Morgan fingerprint density at radius 1 is 1.04 bits per heavy atom. The smallest absolute Gasteiger partial charge is 0.107 e. The highest BCUT2D eigenvalue weighted by molar-refractivity contribution is 8.00. The molecule has 1 aliphatic heterocycles. The maximum atomic E-state index is 4.46. The first-order chi connectivity index (χ1) is 12.3. The van der Waals surface area contributed by atoms with Gasteiger partial charge in [0.1, 0.15) is 5.37 Å². The van der Waals surface area contributed by atoms with Crippen LogP contribution in [0.4, 0.5) is 5.69 Å². The Morgan fingerprint density at radius 3 is 2.80 bits per heavy atom. The van der Waals surface area contributed by atoms with Crippen LogP contribution in [0.2, 0.25) is 0 Å². The molecular formula is C22H20N2S. The van der Waals surface area contributed by atoms with Crippen LogP contribution < -0.4 is 4.90 Å². The molecule has 1 aliphatic carbocycles. The van der Waals surface area contributed by atoms with Gasteiger partial charge in [0.05, 0.1) is 11.7 Å². The van der Waals surface area contributed by atoms with Crippen molar-refractivity contribution in [1.82, 2.24) is 4.98 Å². The minimum atomic E-state index is 0.293. The summed E-state index contributed by atoms with van der Waals surface area (Å²) in [5.41, 5.74) is 6.88. The number of benzene rings is 2. The quantitative estimate of drug-likeness (QED) is 0.594. The van der Waals surface area contributed by atoms with Gasteiger partial charge in [-0.15, -0.1) is 0 Å². The molecule has 124 valence electrons. The largest absolute Gasteiger partial charge is 0.347 e. The number of rotatable bonds is 2. The first-order valence-electron chi connectivity index (χ1n) is 8.84. The van der Waals surface area contributed by atoms with Crippen LogP contribution in [-0.2, 0) is 6.42 Å². The van der Waals surface area contributed by atoms with Gasteiger partial charge in [0, 0.05) is 22.9 Å². The van der Waals surface area contributed by atoms with Crippen LogP contribution in [0.15, 0.2) is 71.9 Å². The summed E-state index contributed by atoms with van der Waals surface area (Å²) in [5.74, 6) is 0. The molecule has 25 heavy (non-hydrogen) atoms. The normalized spacial score (nSPS) is 21.2. The fourth-order valence-corrected chi connectivity index (χ4v) is 5.50. The Bertz CT molecular complexity index is 937. The van der Waals surface area contributed by atoms with Crippen molar-refractivity contribution in [2.45, 2.75) is 36.1 Å². The van der Waals surface area contributed by atoms with E-state index in [9.17, 15) is 0 Å². The molecule has 0 N–H and O–H groups in total. The average molecular weight is 344 g/mol. The molecule has 0 saturated carbocycles. The van der Waals surface area contributed by atoms with E-state index in [0.29, 0.717) is 11.4 Å². The summed E-state index contributed by atoms with van der Waals surface area (Å²) in [6.07, 6.45) is 6.32. The second-order valence-electron chi connectivity index (χ2n) is 6.89. The molecule has 0 radical (unpaired) electrons. The van der Waals surface area contributed by atoms with Gasteiger partial charge in [0.15, 0.2) is 0 Å². The van der Waals surface area contributed by atoms with Crippen LogP contribution >= 0.6 is 11.8 Å². The Balaban J connectivity index is 1.63. The number of aromatic nitrogens is 1. The number of para-hydroxylation sites is 1. The lowest BCUT2D eigenvalue weighted by molar-refractivity contribution is 0.609. The minimum absolute atomic E-state index is 0.293. The monoisotopic (exact) mass is 344 g/mol. The average Bonchev–Trinajstić information content (AvgIpc) is 3.22. The molecule has 2 aliphatic rings.